The number of rotatable bonds is 1. The Kier molecular flexibility index (Phi) is 8.76. The molecule has 0 spiro atoms. The van der Waals surface area contributed by atoms with E-state index in [2.05, 4.69) is 0 Å². The van der Waals surface area contributed by atoms with Gasteiger partial charge in [0.05, 0.1) is 0 Å². The van der Waals surface area contributed by atoms with Crippen LogP contribution in [0.1, 0.15) is 0 Å². The molecule has 0 heterocycles. The molecule has 0 aliphatic heterocycles. The fourth-order valence-electron chi connectivity index (χ4n) is 0.556. The molecule has 0 aromatic heterocycles. The minimum absolute atomic E-state index is 0. The summed E-state index contributed by atoms with van der Waals surface area (Å²) in [5, 5.41) is 0.479. The van der Waals surface area contributed by atoms with E-state index in [0.29, 0.717) is 5.30 Å². The second-order valence-corrected chi connectivity index (χ2v) is 2.67. The van der Waals surface area contributed by atoms with E-state index in [-0.39, 0.29) is 37.0 Å². The van der Waals surface area contributed by atoms with Gasteiger partial charge in [-0.25, -0.2) is 0 Å². The van der Waals surface area contributed by atoms with Crippen molar-refractivity contribution in [3.63, 3.8) is 0 Å². The van der Waals surface area contributed by atoms with Crippen LogP contribution in [-0.2, 0) is 4.57 Å². The van der Waals surface area contributed by atoms with Crippen LogP contribution in [0.2, 0.25) is 0 Å². The quantitative estimate of drug-likeness (QED) is 0.323. The summed E-state index contributed by atoms with van der Waals surface area (Å²) in [6, 6.07) is 8.53. The Balaban J connectivity index is 0. The first-order valence-corrected chi connectivity index (χ1v) is 3.73. The van der Waals surface area contributed by atoms with Gasteiger partial charge in [0.2, 0.25) is 5.30 Å². The van der Waals surface area contributed by atoms with E-state index in [4.69, 9.17) is 4.89 Å². The van der Waals surface area contributed by atoms with Crippen molar-refractivity contribution in [1.29, 1.82) is 0 Å². The Morgan fingerprint density at radius 2 is 1.64 bits per heavy atom. The van der Waals surface area contributed by atoms with Crippen molar-refractivity contribution in [2.75, 3.05) is 0 Å². The molecule has 4 heteroatoms. The van der Waals surface area contributed by atoms with E-state index in [0.717, 1.165) is 0 Å². The molecule has 0 amide bonds. The summed E-state index contributed by atoms with van der Waals surface area (Å²) in [5.74, 6) is 0. The maximum Gasteiger partial charge on any atom is 1.00 e. The van der Waals surface area contributed by atoms with Crippen molar-refractivity contribution in [3.05, 3.63) is 37.8 Å². The molecule has 1 unspecified atom stereocenters. The fourth-order valence-corrected chi connectivity index (χ4v) is 0.983. The average Bonchev–Trinajstić information content (AvgIpc) is 1.90. The van der Waals surface area contributed by atoms with Gasteiger partial charge in [-0.1, -0.05) is 18.2 Å². The van der Waals surface area contributed by atoms with Crippen LogP contribution in [0.4, 0.5) is 0 Å². The zero-order valence-electron chi connectivity index (χ0n) is 6.69. The van der Waals surface area contributed by atoms with Crippen molar-refractivity contribution in [1.82, 2.24) is 0 Å². The molecule has 1 atom stereocenters. The second kappa shape index (κ2) is 6.96. The molecule has 11 heavy (non-hydrogen) atoms. The number of hydrogen-bond acceptors (Lipinski definition) is 1. The molecule has 0 bridgehead atoms. The molecule has 1 N–H and O–H groups in total. The Labute approximate surface area is 89.8 Å². The van der Waals surface area contributed by atoms with Gasteiger partial charge >= 0.3 is 37.6 Å². The minimum atomic E-state index is -2.15. The van der Waals surface area contributed by atoms with Gasteiger partial charge < -0.3 is 7.43 Å². The summed E-state index contributed by atoms with van der Waals surface area (Å²) < 4.78 is 10.3. The van der Waals surface area contributed by atoms with Gasteiger partial charge in [-0.15, -0.1) is 0 Å². The molecular formula is C7H9NaO2P+. The van der Waals surface area contributed by atoms with Crippen LogP contribution in [0.3, 0.4) is 0 Å². The van der Waals surface area contributed by atoms with Crippen LogP contribution >= 0.6 is 8.03 Å². The van der Waals surface area contributed by atoms with E-state index in [1.807, 2.05) is 6.07 Å². The summed E-state index contributed by atoms with van der Waals surface area (Å²) in [6.45, 7) is 0. The van der Waals surface area contributed by atoms with E-state index in [9.17, 15) is 4.57 Å². The van der Waals surface area contributed by atoms with Crippen molar-refractivity contribution < 1.29 is 39.0 Å². The molecule has 2 nitrogen and oxygen atoms in total. The van der Waals surface area contributed by atoms with E-state index in [1.54, 1.807) is 24.3 Å². The van der Waals surface area contributed by atoms with Crippen LogP contribution in [0.25, 0.3) is 0 Å². The average molecular weight is 179 g/mol. The van der Waals surface area contributed by atoms with Crippen LogP contribution < -0.4 is 34.9 Å². The fraction of sp³-hybridized carbons (Fsp3) is 0. The van der Waals surface area contributed by atoms with Crippen molar-refractivity contribution in [2.45, 2.75) is 0 Å². The van der Waals surface area contributed by atoms with Gasteiger partial charge in [0.25, 0.3) is 0 Å². The van der Waals surface area contributed by atoms with Crippen molar-refractivity contribution in [3.8, 4) is 0 Å². The Bertz CT molecular complexity index is 213. The molecular weight excluding hydrogens is 170 g/mol. The molecule has 0 aliphatic rings. The molecule has 0 aliphatic carbocycles. The normalized spacial score (nSPS) is 9.00. The molecule has 0 saturated heterocycles. The third-order valence-electron chi connectivity index (χ3n) is 0.977. The van der Waals surface area contributed by atoms with Crippen LogP contribution in [0.5, 0.6) is 0 Å². The molecule has 54 valence electrons. The van der Waals surface area contributed by atoms with Crippen LogP contribution in [-0.4, -0.2) is 4.89 Å². The third kappa shape index (κ3) is 4.67. The summed E-state index contributed by atoms with van der Waals surface area (Å²) in [4.78, 5) is 8.53. The van der Waals surface area contributed by atoms with Gasteiger partial charge in [0.15, 0.2) is 0 Å². The maximum atomic E-state index is 10.3. The second-order valence-electron chi connectivity index (χ2n) is 1.61. The predicted octanol–water partition coefficient (Wildman–Crippen LogP) is -1.50. The Morgan fingerprint density at radius 1 is 1.18 bits per heavy atom. The summed E-state index contributed by atoms with van der Waals surface area (Å²) in [7, 11) is -2.15. The zero-order chi connectivity index (χ0) is 6.69. The minimum Gasteiger partial charge on any atom is -0.358 e. The molecule has 1 rings (SSSR count). The molecule has 1 aromatic carbocycles. The first-order chi connectivity index (χ1) is 4.30. The van der Waals surface area contributed by atoms with E-state index >= 15 is 0 Å². The van der Waals surface area contributed by atoms with Crippen LogP contribution in [0.15, 0.2) is 30.3 Å². The van der Waals surface area contributed by atoms with Gasteiger partial charge in [-0.3, -0.25) is 0 Å². The Hall–Kier alpha value is 0.280. The van der Waals surface area contributed by atoms with Gasteiger partial charge in [0, 0.05) is 0 Å². The Morgan fingerprint density at radius 3 is 1.91 bits per heavy atom. The standard InChI is InChI=1S/C6H5O2P.CH3.Na/c7-9(8)6-4-2-1-3-5-6;;/h1-5H;1H3;/q;-1;+1/p+1. The molecule has 0 radical (unpaired) electrons. The molecule has 0 saturated carbocycles. The van der Waals surface area contributed by atoms with E-state index < -0.39 is 8.03 Å². The summed E-state index contributed by atoms with van der Waals surface area (Å²) >= 11 is 0. The van der Waals surface area contributed by atoms with Crippen molar-refractivity contribution >= 4 is 13.3 Å². The van der Waals surface area contributed by atoms with E-state index in [1.165, 1.54) is 0 Å². The maximum absolute atomic E-state index is 10.3. The molecule has 0 fully saturated rings. The zero-order valence-corrected chi connectivity index (χ0v) is 9.58. The SMILES string of the molecule is O=[P+](O)c1ccccc1.[CH3-].[Na+]. The number of benzene rings is 1. The first kappa shape index (κ1) is 13.8. The predicted molar refractivity (Wildman–Crippen MR) is 42.3 cm³/mol. The van der Waals surface area contributed by atoms with Gasteiger partial charge in [-0.2, -0.15) is 4.89 Å². The molecule has 1 aromatic rings. The largest absolute Gasteiger partial charge is 1.00 e. The summed E-state index contributed by atoms with van der Waals surface area (Å²) in [5.41, 5.74) is 0. The van der Waals surface area contributed by atoms with Crippen molar-refractivity contribution in [2.24, 2.45) is 0 Å². The van der Waals surface area contributed by atoms with Gasteiger partial charge in [0.1, 0.15) is 0 Å². The number of hydrogen-bond donors (Lipinski definition) is 1. The first-order valence-electron chi connectivity index (χ1n) is 2.52. The summed E-state index contributed by atoms with van der Waals surface area (Å²) in [6.07, 6.45) is 0. The topological polar surface area (TPSA) is 37.3 Å². The smallest absolute Gasteiger partial charge is 0.358 e. The third-order valence-corrected chi connectivity index (χ3v) is 1.72. The van der Waals surface area contributed by atoms with Gasteiger partial charge in [-0.05, 0) is 16.7 Å². The monoisotopic (exact) mass is 179 g/mol. The van der Waals surface area contributed by atoms with Crippen LogP contribution in [0, 0.1) is 7.43 Å².